The Kier molecular flexibility index (Phi) is 4.97. The second kappa shape index (κ2) is 7.14. The van der Waals surface area contributed by atoms with Crippen LogP contribution < -0.4 is 5.32 Å². The summed E-state index contributed by atoms with van der Waals surface area (Å²) in [7, 11) is 0. The number of nitrogens with zero attached hydrogens (tertiary/aromatic N) is 3. The van der Waals surface area contributed by atoms with Crippen molar-refractivity contribution >= 4 is 43.9 Å². The van der Waals surface area contributed by atoms with Crippen LogP contribution in [0.2, 0.25) is 0 Å². The molecule has 0 bridgehead atoms. The molecule has 3 rings (SSSR count). The van der Waals surface area contributed by atoms with E-state index in [1.54, 1.807) is 11.3 Å². The van der Waals surface area contributed by atoms with Crippen LogP contribution in [0.3, 0.4) is 0 Å². The predicted octanol–water partition coefficient (Wildman–Crippen LogP) is 4.44. The van der Waals surface area contributed by atoms with Crippen LogP contribution in [0.1, 0.15) is 46.6 Å². The lowest BCUT2D eigenvalue weighted by molar-refractivity contribution is 0.102. The van der Waals surface area contributed by atoms with Gasteiger partial charge in [-0.05, 0) is 31.5 Å². The Hall–Kier alpha value is -1.86. The molecular weight excluding hydrogens is 328 g/mol. The molecule has 1 amide bonds. The summed E-state index contributed by atoms with van der Waals surface area (Å²) in [5.41, 5.74) is 1.45. The minimum atomic E-state index is -0.172. The molecule has 0 aliphatic rings. The number of hydrogen-bond acceptors (Lipinski definition) is 6. The number of amides is 1. The van der Waals surface area contributed by atoms with Crippen molar-refractivity contribution in [2.24, 2.45) is 0 Å². The summed E-state index contributed by atoms with van der Waals surface area (Å²) in [5.74, 6) is -0.172. The molecule has 1 N–H and O–H groups in total. The summed E-state index contributed by atoms with van der Waals surface area (Å²) in [6, 6.07) is 5.57. The van der Waals surface area contributed by atoms with Gasteiger partial charge in [-0.3, -0.25) is 10.1 Å². The molecule has 1 aromatic carbocycles. The first-order valence-electron chi connectivity index (χ1n) is 7.66. The maximum atomic E-state index is 12.3. The molecule has 0 atom stereocenters. The number of unbranched alkanes of at least 4 members (excludes halogenated alkanes) is 2. The van der Waals surface area contributed by atoms with Gasteiger partial charge in [-0.1, -0.05) is 31.1 Å². The predicted molar refractivity (Wildman–Crippen MR) is 95.4 cm³/mol. The summed E-state index contributed by atoms with van der Waals surface area (Å²) >= 11 is 3.07. The van der Waals surface area contributed by atoms with Gasteiger partial charge in [0.1, 0.15) is 5.01 Å². The third-order valence-corrected chi connectivity index (χ3v) is 5.29. The van der Waals surface area contributed by atoms with Gasteiger partial charge in [0.15, 0.2) is 0 Å². The van der Waals surface area contributed by atoms with Crippen LogP contribution in [-0.4, -0.2) is 21.1 Å². The number of hydrogen-bond donors (Lipinski definition) is 1. The summed E-state index contributed by atoms with van der Waals surface area (Å²) < 4.78 is 1.09. The Morgan fingerprint density at radius 1 is 1.22 bits per heavy atom. The van der Waals surface area contributed by atoms with Gasteiger partial charge in [-0.25, -0.2) is 4.98 Å². The highest BCUT2D eigenvalue weighted by Gasteiger charge is 2.12. The van der Waals surface area contributed by atoms with Crippen molar-refractivity contribution in [2.75, 3.05) is 5.32 Å². The smallest absolute Gasteiger partial charge is 0.257 e. The van der Waals surface area contributed by atoms with E-state index in [-0.39, 0.29) is 5.91 Å². The fourth-order valence-corrected chi connectivity index (χ4v) is 3.87. The molecule has 5 nitrogen and oxygen atoms in total. The number of nitrogens with one attached hydrogen (secondary N) is 1. The molecule has 0 unspecified atom stereocenters. The number of rotatable bonds is 6. The number of benzene rings is 1. The first kappa shape index (κ1) is 16.0. The Morgan fingerprint density at radius 2 is 2.09 bits per heavy atom. The van der Waals surface area contributed by atoms with Crippen LogP contribution in [0.25, 0.3) is 10.2 Å². The highest BCUT2D eigenvalue weighted by atomic mass is 32.1. The van der Waals surface area contributed by atoms with Crippen molar-refractivity contribution < 1.29 is 4.79 Å². The highest BCUT2D eigenvalue weighted by Crippen LogP contribution is 2.23. The first-order chi connectivity index (χ1) is 11.2. The molecule has 0 saturated carbocycles. The lowest BCUT2D eigenvalue weighted by Gasteiger charge is -2.00. The maximum absolute atomic E-state index is 12.3. The fraction of sp³-hybridized carbons (Fsp3) is 0.375. The number of aromatic nitrogens is 3. The average molecular weight is 346 g/mol. The zero-order valence-electron chi connectivity index (χ0n) is 13.1. The van der Waals surface area contributed by atoms with Gasteiger partial charge in [0.05, 0.1) is 15.2 Å². The lowest BCUT2D eigenvalue weighted by Crippen LogP contribution is -2.11. The van der Waals surface area contributed by atoms with Gasteiger partial charge in [-0.2, -0.15) is 0 Å². The van der Waals surface area contributed by atoms with E-state index in [1.165, 1.54) is 24.2 Å². The van der Waals surface area contributed by atoms with Crippen molar-refractivity contribution in [2.45, 2.75) is 39.5 Å². The zero-order valence-corrected chi connectivity index (χ0v) is 14.8. The Labute approximate surface area is 142 Å². The monoisotopic (exact) mass is 346 g/mol. The third kappa shape index (κ3) is 3.92. The SMILES string of the molecule is CCCCCc1nnc(NC(=O)c2ccc3sc(C)nc3c2)s1. The molecule has 0 saturated heterocycles. The van der Waals surface area contributed by atoms with E-state index < -0.39 is 0 Å². The molecule has 120 valence electrons. The molecule has 7 heteroatoms. The number of fused-ring (bicyclic) bond motifs is 1. The van der Waals surface area contributed by atoms with Gasteiger partial charge < -0.3 is 0 Å². The van der Waals surface area contributed by atoms with Gasteiger partial charge in [0, 0.05) is 12.0 Å². The molecule has 0 fully saturated rings. The first-order valence-corrected chi connectivity index (χ1v) is 9.30. The summed E-state index contributed by atoms with van der Waals surface area (Å²) in [6.07, 6.45) is 4.40. The lowest BCUT2D eigenvalue weighted by atomic mass is 10.2. The summed E-state index contributed by atoms with van der Waals surface area (Å²) in [6.45, 7) is 4.14. The zero-order chi connectivity index (χ0) is 16.2. The maximum Gasteiger partial charge on any atom is 0.257 e. The Morgan fingerprint density at radius 3 is 2.91 bits per heavy atom. The normalized spacial score (nSPS) is 11.0. The molecule has 2 aromatic heterocycles. The number of aryl methyl sites for hydroxylation is 2. The van der Waals surface area contributed by atoms with Crippen molar-refractivity contribution in [1.29, 1.82) is 0 Å². The van der Waals surface area contributed by atoms with Crippen LogP contribution in [0.5, 0.6) is 0 Å². The quantitative estimate of drug-likeness (QED) is 0.670. The fourth-order valence-electron chi connectivity index (χ4n) is 2.28. The van der Waals surface area contributed by atoms with Crippen LogP contribution in [0, 0.1) is 6.92 Å². The van der Waals surface area contributed by atoms with Crippen LogP contribution in [0.15, 0.2) is 18.2 Å². The molecule has 23 heavy (non-hydrogen) atoms. The topological polar surface area (TPSA) is 67.8 Å². The van der Waals surface area contributed by atoms with Gasteiger partial charge in [-0.15, -0.1) is 21.5 Å². The van der Waals surface area contributed by atoms with Crippen molar-refractivity contribution in [3.05, 3.63) is 33.8 Å². The summed E-state index contributed by atoms with van der Waals surface area (Å²) in [5, 5.41) is 13.5. The number of anilines is 1. The van der Waals surface area contributed by atoms with Crippen molar-refractivity contribution in [1.82, 2.24) is 15.2 Å². The third-order valence-electron chi connectivity index (χ3n) is 3.44. The molecule has 0 spiro atoms. The van der Waals surface area contributed by atoms with Crippen molar-refractivity contribution in [3.8, 4) is 0 Å². The molecule has 2 heterocycles. The van der Waals surface area contributed by atoms with Crippen LogP contribution in [-0.2, 0) is 6.42 Å². The van der Waals surface area contributed by atoms with Gasteiger partial charge in [0.25, 0.3) is 5.91 Å². The van der Waals surface area contributed by atoms with Crippen LogP contribution in [0.4, 0.5) is 5.13 Å². The highest BCUT2D eigenvalue weighted by molar-refractivity contribution is 7.18. The minimum Gasteiger partial charge on any atom is -0.296 e. The van der Waals surface area contributed by atoms with Gasteiger partial charge >= 0.3 is 0 Å². The number of carbonyl (C=O) groups is 1. The van der Waals surface area contributed by atoms with E-state index >= 15 is 0 Å². The van der Waals surface area contributed by atoms with E-state index in [0.29, 0.717) is 10.7 Å². The number of carbonyl (C=O) groups excluding carboxylic acids is 1. The van der Waals surface area contributed by atoms with E-state index in [1.807, 2.05) is 25.1 Å². The Bertz CT molecular complexity index is 824. The van der Waals surface area contributed by atoms with Crippen LogP contribution >= 0.6 is 22.7 Å². The molecule has 0 aliphatic heterocycles. The standard InChI is InChI=1S/C16H18N4OS2/c1-3-4-5-6-14-19-20-16(23-14)18-15(21)11-7-8-13-12(9-11)17-10(2)22-13/h7-9H,3-6H2,1-2H3,(H,18,20,21). The number of thiazole rings is 1. The average Bonchev–Trinajstić information content (AvgIpc) is 3.12. The second-order valence-electron chi connectivity index (χ2n) is 5.33. The van der Waals surface area contributed by atoms with E-state index in [4.69, 9.17) is 0 Å². The molecular formula is C16H18N4OS2. The van der Waals surface area contributed by atoms with E-state index in [2.05, 4.69) is 27.4 Å². The molecule has 0 radical (unpaired) electrons. The minimum absolute atomic E-state index is 0.172. The second-order valence-corrected chi connectivity index (χ2v) is 7.62. The molecule has 3 aromatic rings. The Balaban J connectivity index is 1.67. The van der Waals surface area contributed by atoms with E-state index in [9.17, 15) is 4.79 Å². The van der Waals surface area contributed by atoms with Crippen molar-refractivity contribution in [3.63, 3.8) is 0 Å². The largest absolute Gasteiger partial charge is 0.296 e. The summed E-state index contributed by atoms with van der Waals surface area (Å²) in [4.78, 5) is 16.8. The molecule has 0 aliphatic carbocycles. The van der Waals surface area contributed by atoms with Gasteiger partial charge in [0.2, 0.25) is 5.13 Å². The van der Waals surface area contributed by atoms with E-state index in [0.717, 1.165) is 33.1 Å².